The molecule has 0 radical (unpaired) electrons. The zero-order valence-corrected chi connectivity index (χ0v) is 20.8. The van der Waals surface area contributed by atoms with Crippen molar-refractivity contribution in [1.29, 1.82) is 0 Å². The van der Waals surface area contributed by atoms with E-state index in [0.29, 0.717) is 17.0 Å². The molecule has 0 bridgehead atoms. The Morgan fingerprint density at radius 3 is 2.53 bits per heavy atom. The van der Waals surface area contributed by atoms with Gasteiger partial charge in [-0.1, -0.05) is 6.07 Å². The van der Waals surface area contributed by atoms with Crippen molar-refractivity contribution in [3.05, 3.63) is 87.6 Å². The summed E-state index contributed by atoms with van der Waals surface area (Å²) in [6, 6.07) is 12.4. The zero-order valence-electron chi connectivity index (χ0n) is 20.8. The van der Waals surface area contributed by atoms with Crippen LogP contribution < -0.4 is 20.4 Å². The maximum Gasteiger partial charge on any atom is 0.348 e. The Labute approximate surface area is 216 Å². The third-order valence-corrected chi connectivity index (χ3v) is 6.22. The van der Waals surface area contributed by atoms with E-state index in [1.807, 2.05) is 0 Å². The normalized spacial score (nSPS) is 14.4. The number of phenolic OH excluding ortho intramolecular Hbond substituents is 1. The fourth-order valence-electron chi connectivity index (χ4n) is 4.35. The lowest BCUT2D eigenvalue weighted by molar-refractivity contribution is 0.102. The number of ether oxygens (including phenoxy) is 2. The number of fused-ring (bicyclic) bond motifs is 1. The molecule has 1 unspecified atom stereocenters. The van der Waals surface area contributed by atoms with Crippen LogP contribution in [0.1, 0.15) is 39.7 Å². The smallest absolute Gasteiger partial charge is 0.348 e. The Morgan fingerprint density at radius 2 is 1.84 bits per heavy atom. The molecule has 1 atom stereocenters. The highest BCUT2D eigenvalue weighted by Crippen LogP contribution is 2.39. The number of aromatic nitrogens is 2. The molecule has 1 amide bonds. The van der Waals surface area contributed by atoms with Crippen LogP contribution in [0.5, 0.6) is 23.0 Å². The molecule has 4 aromatic rings. The van der Waals surface area contributed by atoms with Crippen LogP contribution in [0, 0.1) is 6.92 Å². The van der Waals surface area contributed by atoms with Gasteiger partial charge in [0.05, 0.1) is 32.2 Å². The van der Waals surface area contributed by atoms with Crippen LogP contribution in [0.25, 0.3) is 0 Å². The molecule has 2 aromatic heterocycles. The van der Waals surface area contributed by atoms with Crippen LogP contribution in [0.2, 0.25) is 0 Å². The van der Waals surface area contributed by atoms with E-state index in [9.17, 15) is 19.8 Å². The van der Waals surface area contributed by atoms with Crippen molar-refractivity contribution in [1.82, 2.24) is 9.78 Å². The highest BCUT2D eigenvalue weighted by molar-refractivity contribution is 6.10. The van der Waals surface area contributed by atoms with Gasteiger partial charge in [-0.25, -0.2) is 14.5 Å². The number of carbonyl (C=O) groups excluding carboxylic acids is 1. The fraction of sp³-hybridized carbons (Fsp3) is 0.185. The molecule has 5 rings (SSSR count). The first-order valence-corrected chi connectivity index (χ1v) is 11.6. The van der Waals surface area contributed by atoms with E-state index in [1.54, 1.807) is 55.1 Å². The van der Waals surface area contributed by atoms with Crippen molar-refractivity contribution in [2.24, 2.45) is 4.99 Å². The van der Waals surface area contributed by atoms with Crippen LogP contribution in [0.15, 0.2) is 68.9 Å². The Hall–Kier alpha value is -5.06. The van der Waals surface area contributed by atoms with Crippen molar-refractivity contribution in [2.75, 3.05) is 19.5 Å². The van der Waals surface area contributed by atoms with E-state index >= 15 is 0 Å². The Kier molecular flexibility index (Phi) is 6.33. The number of hydrogen-bond acceptors (Lipinski definition) is 9. The molecular weight excluding hydrogens is 492 g/mol. The summed E-state index contributed by atoms with van der Waals surface area (Å²) >= 11 is 0. The number of carbonyl (C=O) groups is 1. The Bertz CT molecular complexity index is 1620. The number of rotatable bonds is 6. The SMILES string of the molecule is COc1ccc(NC(=O)c2cnn3c2N=C(c2c(O)cc(C)oc2=O)CC3c2ccc(O)c(OC)c2)cc1. The van der Waals surface area contributed by atoms with Gasteiger partial charge in [-0.2, -0.15) is 5.10 Å². The van der Waals surface area contributed by atoms with Gasteiger partial charge in [-0.3, -0.25) is 4.79 Å². The van der Waals surface area contributed by atoms with Crippen molar-refractivity contribution in [3.8, 4) is 23.0 Å². The summed E-state index contributed by atoms with van der Waals surface area (Å²) in [5, 5.41) is 27.9. The number of hydrogen-bond donors (Lipinski definition) is 3. The van der Waals surface area contributed by atoms with Crippen molar-refractivity contribution < 1.29 is 28.9 Å². The molecule has 0 saturated heterocycles. The van der Waals surface area contributed by atoms with Gasteiger partial charge in [0.1, 0.15) is 28.4 Å². The van der Waals surface area contributed by atoms with Crippen LogP contribution in [-0.2, 0) is 0 Å². The summed E-state index contributed by atoms with van der Waals surface area (Å²) in [4.78, 5) is 30.6. The molecule has 2 aromatic carbocycles. The number of nitrogens with zero attached hydrogens (tertiary/aromatic N) is 3. The molecule has 3 heterocycles. The number of aromatic hydroxyl groups is 2. The summed E-state index contributed by atoms with van der Waals surface area (Å²) in [6.07, 6.45) is 1.53. The Morgan fingerprint density at radius 1 is 1.08 bits per heavy atom. The summed E-state index contributed by atoms with van der Waals surface area (Å²) in [5.74, 6) is 0.531. The third kappa shape index (κ3) is 4.45. The van der Waals surface area contributed by atoms with Gasteiger partial charge in [0, 0.05) is 18.2 Å². The van der Waals surface area contributed by atoms with E-state index in [0.717, 1.165) is 0 Å². The average molecular weight is 517 g/mol. The molecule has 194 valence electrons. The first kappa shape index (κ1) is 24.6. The summed E-state index contributed by atoms with van der Waals surface area (Å²) in [6.45, 7) is 1.55. The molecule has 3 N–H and O–H groups in total. The van der Waals surface area contributed by atoms with E-state index < -0.39 is 17.6 Å². The topological polar surface area (TPSA) is 148 Å². The molecule has 0 spiro atoms. The number of amides is 1. The molecule has 38 heavy (non-hydrogen) atoms. The average Bonchev–Trinajstić information content (AvgIpc) is 3.33. The predicted octanol–water partition coefficient (Wildman–Crippen LogP) is 3.94. The molecule has 1 aliphatic rings. The standard InChI is InChI=1S/C27H24N4O7/c1-14-10-22(33)24(27(35)38-14)19-12-20(15-4-9-21(32)23(11-15)37-3)31-25(30-19)18(13-28-31)26(34)29-16-5-7-17(36-2)8-6-16/h4-11,13,20,32-33H,12H2,1-3H3,(H,29,34). The highest BCUT2D eigenvalue weighted by Gasteiger charge is 2.32. The van der Waals surface area contributed by atoms with Gasteiger partial charge in [0.15, 0.2) is 17.3 Å². The molecule has 11 nitrogen and oxygen atoms in total. The molecule has 1 aliphatic heterocycles. The van der Waals surface area contributed by atoms with Crippen LogP contribution in [-0.4, -0.2) is 45.8 Å². The molecule has 0 fully saturated rings. The highest BCUT2D eigenvalue weighted by atomic mass is 16.5. The number of aliphatic imine (C=N–C) groups is 1. The molecule has 0 saturated carbocycles. The summed E-state index contributed by atoms with van der Waals surface area (Å²) in [7, 11) is 2.98. The predicted molar refractivity (Wildman–Crippen MR) is 138 cm³/mol. The van der Waals surface area contributed by atoms with Crippen molar-refractivity contribution in [3.63, 3.8) is 0 Å². The lowest BCUT2D eigenvalue weighted by atomic mass is 9.95. The van der Waals surface area contributed by atoms with Crippen LogP contribution >= 0.6 is 0 Å². The monoisotopic (exact) mass is 516 g/mol. The van der Waals surface area contributed by atoms with Gasteiger partial charge in [0.2, 0.25) is 0 Å². The summed E-state index contributed by atoms with van der Waals surface area (Å²) in [5.41, 5.74) is 0.743. The first-order valence-electron chi connectivity index (χ1n) is 11.6. The zero-order chi connectivity index (χ0) is 27.0. The van der Waals surface area contributed by atoms with Gasteiger partial charge >= 0.3 is 5.63 Å². The largest absolute Gasteiger partial charge is 0.507 e. The molecular formula is C27H24N4O7. The van der Waals surface area contributed by atoms with Gasteiger partial charge in [0.25, 0.3) is 5.91 Å². The minimum Gasteiger partial charge on any atom is -0.507 e. The minimum atomic E-state index is -0.750. The number of methoxy groups -OCH3 is 2. The minimum absolute atomic E-state index is 0.0435. The maximum atomic E-state index is 13.3. The Balaban J connectivity index is 1.62. The van der Waals surface area contributed by atoms with Crippen LogP contribution in [0.3, 0.4) is 0 Å². The fourth-order valence-corrected chi connectivity index (χ4v) is 4.35. The lowest BCUT2D eigenvalue weighted by Crippen LogP contribution is -2.25. The second-order valence-electron chi connectivity index (χ2n) is 8.62. The first-order chi connectivity index (χ1) is 18.3. The number of anilines is 1. The molecule has 0 aliphatic carbocycles. The van der Waals surface area contributed by atoms with Crippen molar-refractivity contribution in [2.45, 2.75) is 19.4 Å². The van der Waals surface area contributed by atoms with Crippen LogP contribution in [0.4, 0.5) is 11.5 Å². The number of nitrogens with one attached hydrogen (secondary N) is 1. The van der Waals surface area contributed by atoms with Crippen molar-refractivity contribution >= 4 is 23.1 Å². The van der Waals surface area contributed by atoms with E-state index in [2.05, 4.69) is 15.4 Å². The quantitative estimate of drug-likeness (QED) is 0.349. The number of benzene rings is 2. The molecule has 11 heteroatoms. The second kappa shape index (κ2) is 9.77. The third-order valence-electron chi connectivity index (χ3n) is 6.22. The van der Waals surface area contributed by atoms with Gasteiger partial charge < -0.3 is 29.4 Å². The maximum absolute atomic E-state index is 13.3. The number of aryl methyl sites for hydroxylation is 1. The van der Waals surface area contributed by atoms with Gasteiger partial charge in [-0.05, 0) is 48.9 Å². The van der Waals surface area contributed by atoms with E-state index in [-0.39, 0.29) is 52.1 Å². The summed E-state index contributed by atoms with van der Waals surface area (Å²) < 4.78 is 17.2. The van der Waals surface area contributed by atoms with E-state index in [4.69, 9.17) is 13.9 Å². The van der Waals surface area contributed by atoms with E-state index in [1.165, 1.54) is 25.4 Å². The van der Waals surface area contributed by atoms with Gasteiger partial charge in [-0.15, -0.1) is 0 Å². The number of phenols is 1. The second-order valence-corrected chi connectivity index (χ2v) is 8.62. The lowest BCUT2D eigenvalue weighted by Gasteiger charge is -2.25.